The molecule has 0 bridgehead atoms. The van der Waals surface area contributed by atoms with Gasteiger partial charge in [-0.1, -0.05) is 29.8 Å². The third kappa shape index (κ3) is 5.31. The van der Waals surface area contributed by atoms with Gasteiger partial charge in [0.05, 0.1) is 11.4 Å². The number of carbonyl (C=O) groups is 1. The first-order valence-corrected chi connectivity index (χ1v) is 12.1. The molecule has 2 aliphatic rings. The Hall–Kier alpha value is -2.29. The quantitative estimate of drug-likeness (QED) is 0.658. The molecule has 0 N–H and O–H groups in total. The van der Waals surface area contributed by atoms with Crippen LogP contribution in [0.4, 0.5) is 4.39 Å². The number of amides is 1. The molecule has 0 aromatic heterocycles. The molecule has 31 heavy (non-hydrogen) atoms. The first-order chi connectivity index (χ1) is 14.8. The minimum absolute atomic E-state index is 0.0397. The molecule has 8 heteroatoms. The molecule has 0 unspecified atom stereocenters. The smallest absolute Gasteiger partial charge is 0.243 e. The lowest BCUT2D eigenvalue weighted by Crippen LogP contribution is -2.52. The van der Waals surface area contributed by atoms with E-state index in [2.05, 4.69) is 36.1 Å². The Kier molecular flexibility index (Phi) is 6.41. The molecule has 1 amide bonds. The van der Waals surface area contributed by atoms with Gasteiger partial charge in [-0.3, -0.25) is 9.69 Å². The van der Waals surface area contributed by atoms with Crippen molar-refractivity contribution in [1.82, 2.24) is 14.1 Å². The Balaban J connectivity index is 1.34. The summed E-state index contributed by atoms with van der Waals surface area (Å²) in [6.07, 6.45) is 2.23. The van der Waals surface area contributed by atoms with E-state index in [1.807, 2.05) is 0 Å². The fraction of sp³-hybridized carbons (Fsp3) is 0.435. The zero-order chi connectivity index (χ0) is 22.0. The topological polar surface area (TPSA) is 60.9 Å². The number of hydrogen-bond acceptors (Lipinski definition) is 4. The highest BCUT2D eigenvalue weighted by atomic mass is 32.2. The maximum absolute atomic E-state index is 13.1. The Labute approximate surface area is 183 Å². The maximum atomic E-state index is 13.1. The van der Waals surface area contributed by atoms with E-state index >= 15 is 0 Å². The minimum atomic E-state index is -3.68. The number of carbonyl (C=O) groups excluding carboxylic acids is 1. The van der Waals surface area contributed by atoms with Gasteiger partial charge in [-0.15, -0.1) is 0 Å². The van der Waals surface area contributed by atoms with Crippen LogP contribution in [0.3, 0.4) is 0 Å². The normalized spacial score (nSPS) is 17.8. The number of hydrogen-bond donors (Lipinski definition) is 0. The summed E-state index contributed by atoms with van der Waals surface area (Å²) in [6, 6.07) is 13.7. The van der Waals surface area contributed by atoms with Crippen LogP contribution in [0, 0.1) is 12.7 Å². The van der Waals surface area contributed by atoms with E-state index in [9.17, 15) is 17.6 Å². The van der Waals surface area contributed by atoms with Crippen LogP contribution in [-0.2, 0) is 21.4 Å². The van der Waals surface area contributed by atoms with Crippen molar-refractivity contribution in [3.63, 3.8) is 0 Å². The molecule has 6 nitrogen and oxygen atoms in total. The van der Waals surface area contributed by atoms with Gasteiger partial charge in [-0.2, -0.15) is 4.31 Å². The summed E-state index contributed by atoms with van der Waals surface area (Å²) >= 11 is 0. The van der Waals surface area contributed by atoms with Gasteiger partial charge in [0, 0.05) is 38.8 Å². The highest BCUT2D eigenvalue weighted by Crippen LogP contribution is 2.28. The van der Waals surface area contributed by atoms with E-state index < -0.39 is 15.8 Å². The Bertz CT molecular complexity index is 1010. The Morgan fingerprint density at radius 3 is 2.19 bits per heavy atom. The van der Waals surface area contributed by atoms with E-state index in [-0.39, 0.29) is 23.9 Å². The van der Waals surface area contributed by atoms with Crippen molar-refractivity contribution in [3.8, 4) is 0 Å². The van der Waals surface area contributed by atoms with Gasteiger partial charge in [0.25, 0.3) is 0 Å². The van der Waals surface area contributed by atoms with E-state index in [0.29, 0.717) is 25.7 Å². The second-order valence-corrected chi connectivity index (χ2v) is 10.3. The number of piperazine rings is 1. The summed E-state index contributed by atoms with van der Waals surface area (Å²) in [5.74, 6) is -0.432. The lowest BCUT2D eigenvalue weighted by molar-refractivity contribution is -0.133. The molecule has 1 saturated heterocycles. The second-order valence-electron chi connectivity index (χ2n) is 8.36. The first kappa shape index (κ1) is 21.9. The van der Waals surface area contributed by atoms with Gasteiger partial charge in [0.1, 0.15) is 5.82 Å². The van der Waals surface area contributed by atoms with Crippen molar-refractivity contribution < 1.29 is 17.6 Å². The summed E-state index contributed by atoms with van der Waals surface area (Å²) in [7, 11) is -3.68. The fourth-order valence-electron chi connectivity index (χ4n) is 3.89. The second kappa shape index (κ2) is 9.06. The Morgan fingerprint density at radius 1 is 1.00 bits per heavy atom. The third-order valence-electron chi connectivity index (χ3n) is 5.95. The van der Waals surface area contributed by atoms with Gasteiger partial charge in [0.15, 0.2) is 0 Å². The molecular formula is C23H28FN3O3S. The van der Waals surface area contributed by atoms with E-state index in [1.165, 1.54) is 27.6 Å². The predicted octanol–water partition coefficient (Wildman–Crippen LogP) is 2.63. The van der Waals surface area contributed by atoms with Crippen LogP contribution in [0.1, 0.15) is 24.0 Å². The zero-order valence-corrected chi connectivity index (χ0v) is 18.5. The van der Waals surface area contributed by atoms with Crippen molar-refractivity contribution in [2.45, 2.75) is 37.2 Å². The number of aryl methyl sites for hydroxylation is 1. The molecule has 0 atom stereocenters. The molecule has 2 fully saturated rings. The van der Waals surface area contributed by atoms with Crippen molar-refractivity contribution in [2.24, 2.45) is 0 Å². The molecule has 2 aromatic rings. The van der Waals surface area contributed by atoms with Gasteiger partial charge in [-0.25, -0.2) is 12.8 Å². The van der Waals surface area contributed by atoms with E-state index in [1.54, 1.807) is 4.90 Å². The summed E-state index contributed by atoms with van der Waals surface area (Å²) < 4.78 is 40.0. The van der Waals surface area contributed by atoms with Gasteiger partial charge < -0.3 is 4.90 Å². The van der Waals surface area contributed by atoms with E-state index in [0.717, 1.165) is 31.5 Å². The van der Waals surface area contributed by atoms with Gasteiger partial charge in [0.2, 0.25) is 15.9 Å². The highest BCUT2D eigenvalue weighted by molar-refractivity contribution is 7.89. The largest absolute Gasteiger partial charge is 0.339 e. The van der Waals surface area contributed by atoms with Crippen molar-refractivity contribution in [2.75, 3.05) is 32.7 Å². The van der Waals surface area contributed by atoms with Crippen LogP contribution in [0.2, 0.25) is 0 Å². The molecule has 4 rings (SSSR count). The Morgan fingerprint density at radius 2 is 1.61 bits per heavy atom. The summed E-state index contributed by atoms with van der Waals surface area (Å²) in [6.45, 7) is 4.37. The van der Waals surface area contributed by atoms with Crippen LogP contribution in [0.15, 0.2) is 53.4 Å². The summed E-state index contributed by atoms with van der Waals surface area (Å²) in [4.78, 5) is 17.0. The number of rotatable bonds is 7. The average molecular weight is 446 g/mol. The zero-order valence-electron chi connectivity index (χ0n) is 17.7. The van der Waals surface area contributed by atoms with Crippen molar-refractivity contribution in [1.29, 1.82) is 0 Å². The summed E-state index contributed by atoms with van der Waals surface area (Å²) in [5.41, 5.74) is 2.41. The molecule has 1 saturated carbocycles. The average Bonchev–Trinajstić information content (AvgIpc) is 3.60. The highest BCUT2D eigenvalue weighted by Gasteiger charge is 2.34. The number of halogens is 1. The number of benzene rings is 2. The van der Waals surface area contributed by atoms with E-state index in [4.69, 9.17) is 0 Å². The van der Waals surface area contributed by atoms with Crippen LogP contribution in [-0.4, -0.2) is 67.2 Å². The molecule has 166 valence electrons. The molecule has 2 aromatic carbocycles. The van der Waals surface area contributed by atoms with Gasteiger partial charge >= 0.3 is 0 Å². The lowest BCUT2D eigenvalue weighted by Gasteiger charge is -2.35. The number of sulfonamides is 1. The fourth-order valence-corrected chi connectivity index (χ4v) is 5.31. The van der Waals surface area contributed by atoms with Crippen molar-refractivity contribution in [3.05, 3.63) is 65.5 Å². The summed E-state index contributed by atoms with van der Waals surface area (Å²) in [5, 5.41) is 0. The number of nitrogens with zero attached hydrogens (tertiary/aromatic N) is 3. The molecule has 1 aliphatic carbocycles. The SMILES string of the molecule is Cc1ccc(CN(CC(=O)N2CCN(S(=O)(=O)c3ccc(F)cc3)CC2)C2CC2)cc1. The third-order valence-corrected chi connectivity index (χ3v) is 7.86. The molecular weight excluding hydrogens is 417 g/mol. The predicted molar refractivity (Wildman–Crippen MR) is 116 cm³/mol. The van der Waals surface area contributed by atoms with Crippen molar-refractivity contribution >= 4 is 15.9 Å². The van der Waals surface area contributed by atoms with Crippen LogP contribution in [0.5, 0.6) is 0 Å². The van der Waals surface area contributed by atoms with Crippen LogP contribution >= 0.6 is 0 Å². The standard InChI is InChI=1S/C23H28FN3O3S/c1-18-2-4-19(5-3-18)16-26(21-8-9-21)17-23(28)25-12-14-27(15-13-25)31(29,30)22-10-6-20(24)7-11-22/h2-7,10-11,21H,8-9,12-17H2,1H3. The minimum Gasteiger partial charge on any atom is -0.339 e. The molecule has 1 heterocycles. The van der Waals surface area contributed by atoms with Crippen LogP contribution < -0.4 is 0 Å². The lowest BCUT2D eigenvalue weighted by atomic mass is 10.1. The molecule has 0 spiro atoms. The molecule has 0 radical (unpaired) electrons. The maximum Gasteiger partial charge on any atom is 0.243 e. The monoisotopic (exact) mass is 445 g/mol. The van der Waals surface area contributed by atoms with Gasteiger partial charge in [-0.05, 0) is 49.6 Å². The molecule has 1 aliphatic heterocycles. The first-order valence-electron chi connectivity index (χ1n) is 10.7. The van der Waals surface area contributed by atoms with Crippen LogP contribution in [0.25, 0.3) is 0 Å².